The summed E-state index contributed by atoms with van der Waals surface area (Å²) >= 11 is 0. The SMILES string of the molecule is CCN(Cc1cnn(C(C)C)c1)C[C@H]1CCCN(CCc2cccc(OC)c2)C1. The number of nitrogens with zero attached hydrogens (tertiary/aromatic N) is 4. The van der Waals surface area contributed by atoms with Crippen LogP contribution in [0.3, 0.4) is 0 Å². The second-order valence-electron chi connectivity index (χ2n) is 8.66. The molecule has 0 radical (unpaired) electrons. The first-order valence-corrected chi connectivity index (χ1v) is 11.2. The fourth-order valence-electron chi connectivity index (χ4n) is 4.29. The summed E-state index contributed by atoms with van der Waals surface area (Å²) in [7, 11) is 1.74. The van der Waals surface area contributed by atoms with E-state index in [4.69, 9.17) is 4.74 Å². The third-order valence-electron chi connectivity index (χ3n) is 6.01. The van der Waals surface area contributed by atoms with Crippen molar-refractivity contribution < 1.29 is 4.74 Å². The quantitative estimate of drug-likeness (QED) is 0.599. The highest BCUT2D eigenvalue weighted by molar-refractivity contribution is 5.28. The van der Waals surface area contributed by atoms with Gasteiger partial charge in [-0.25, -0.2) is 0 Å². The summed E-state index contributed by atoms with van der Waals surface area (Å²) in [4.78, 5) is 5.23. The van der Waals surface area contributed by atoms with E-state index in [2.05, 4.69) is 64.7 Å². The second kappa shape index (κ2) is 10.8. The molecule has 29 heavy (non-hydrogen) atoms. The van der Waals surface area contributed by atoms with Gasteiger partial charge < -0.3 is 9.64 Å². The van der Waals surface area contributed by atoms with Crippen LogP contribution in [0.15, 0.2) is 36.7 Å². The average molecular weight is 399 g/mol. The summed E-state index contributed by atoms with van der Waals surface area (Å²) < 4.78 is 7.42. The van der Waals surface area contributed by atoms with E-state index < -0.39 is 0 Å². The van der Waals surface area contributed by atoms with Gasteiger partial charge in [-0.05, 0) is 69.8 Å². The van der Waals surface area contributed by atoms with Crippen LogP contribution in [0.2, 0.25) is 0 Å². The van der Waals surface area contributed by atoms with Crippen LogP contribution >= 0.6 is 0 Å². The second-order valence-corrected chi connectivity index (χ2v) is 8.66. The van der Waals surface area contributed by atoms with Crippen LogP contribution in [0.5, 0.6) is 5.75 Å². The summed E-state index contributed by atoms with van der Waals surface area (Å²) in [5.41, 5.74) is 2.69. The molecular weight excluding hydrogens is 360 g/mol. The largest absolute Gasteiger partial charge is 0.497 e. The lowest BCUT2D eigenvalue weighted by molar-refractivity contribution is 0.133. The first-order chi connectivity index (χ1) is 14.1. The molecule has 160 valence electrons. The summed E-state index contributed by atoms with van der Waals surface area (Å²) in [6, 6.07) is 8.91. The molecule has 5 nitrogen and oxygen atoms in total. The maximum absolute atomic E-state index is 5.36. The predicted octanol–water partition coefficient (Wildman–Crippen LogP) is 4.25. The van der Waals surface area contributed by atoms with Crippen LogP contribution in [0.25, 0.3) is 0 Å². The van der Waals surface area contributed by atoms with Crippen LogP contribution < -0.4 is 4.74 Å². The third kappa shape index (κ3) is 6.58. The van der Waals surface area contributed by atoms with Crippen molar-refractivity contribution in [3.8, 4) is 5.75 Å². The van der Waals surface area contributed by atoms with E-state index in [-0.39, 0.29) is 0 Å². The number of methoxy groups -OCH3 is 1. The Morgan fingerprint density at radius 3 is 2.86 bits per heavy atom. The zero-order chi connectivity index (χ0) is 20.6. The average Bonchev–Trinajstić information content (AvgIpc) is 3.21. The Hall–Kier alpha value is -1.85. The van der Waals surface area contributed by atoms with Crippen molar-refractivity contribution in [2.24, 2.45) is 5.92 Å². The Balaban J connectivity index is 1.48. The van der Waals surface area contributed by atoms with Gasteiger partial charge in [-0.15, -0.1) is 0 Å². The Morgan fingerprint density at radius 2 is 2.14 bits per heavy atom. The molecule has 0 saturated carbocycles. The molecule has 1 fully saturated rings. The van der Waals surface area contributed by atoms with Gasteiger partial charge >= 0.3 is 0 Å². The molecule has 2 aromatic rings. The van der Waals surface area contributed by atoms with Gasteiger partial charge in [0.1, 0.15) is 5.75 Å². The molecule has 5 heteroatoms. The van der Waals surface area contributed by atoms with Crippen LogP contribution in [0.1, 0.15) is 50.8 Å². The predicted molar refractivity (Wildman–Crippen MR) is 119 cm³/mol. The highest BCUT2D eigenvalue weighted by atomic mass is 16.5. The Morgan fingerprint density at radius 1 is 1.28 bits per heavy atom. The van der Waals surface area contributed by atoms with Gasteiger partial charge in [0.25, 0.3) is 0 Å². The number of rotatable bonds is 10. The van der Waals surface area contributed by atoms with Gasteiger partial charge in [-0.1, -0.05) is 19.1 Å². The van der Waals surface area contributed by atoms with Crippen LogP contribution in [-0.4, -0.2) is 59.4 Å². The number of likely N-dealkylation sites (tertiary alicyclic amines) is 1. The van der Waals surface area contributed by atoms with Crippen molar-refractivity contribution in [2.45, 2.75) is 52.6 Å². The van der Waals surface area contributed by atoms with Crippen LogP contribution in [-0.2, 0) is 13.0 Å². The molecule has 1 aliphatic heterocycles. The number of benzene rings is 1. The molecule has 1 aromatic heterocycles. The maximum Gasteiger partial charge on any atom is 0.119 e. The minimum absolute atomic E-state index is 0.426. The molecule has 0 bridgehead atoms. The van der Waals surface area contributed by atoms with Crippen LogP contribution in [0.4, 0.5) is 0 Å². The number of aromatic nitrogens is 2. The molecule has 3 rings (SSSR count). The van der Waals surface area contributed by atoms with E-state index in [1.54, 1.807) is 7.11 Å². The van der Waals surface area contributed by atoms with Crippen molar-refractivity contribution in [3.05, 3.63) is 47.8 Å². The van der Waals surface area contributed by atoms with Crippen molar-refractivity contribution >= 4 is 0 Å². The highest BCUT2D eigenvalue weighted by Crippen LogP contribution is 2.20. The lowest BCUT2D eigenvalue weighted by atomic mass is 9.96. The number of piperidine rings is 1. The molecule has 1 atom stereocenters. The number of ether oxygens (including phenoxy) is 1. The van der Waals surface area contributed by atoms with E-state index in [0.29, 0.717) is 6.04 Å². The van der Waals surface area contributed by atoms with Crippen LogP contribution in [0, 0.1) is 5.92 Å². The van der Waals surface area contributed by atoms with E-state index >= 15 is 0 Å². The highest BCUT2D eigenvalue weighted by Gasteiger charge is 2.22. The first-order valence-electron chi connectivity index (χ1n) is 11.2. The summed E-state index contributed by atoms with van der Waals surface area (Å²) in [5.74, 6) is 1.72. The summed E-state index contributed by atoms with van der Waals surface area (Å²) in [6.45, 7) is 13.5. The summed E-state index contributed by atoms with van der Waals surface area (Å²) in [5, 5.41) is 4.50. The van der Waals surface area contributed by atoms with Crippen molar-refractivity contribution in [1.82, 2.24) is 19.6 Å². The van der Waals surface area contributed by atoms with Gasteiger partial charge in [-0.3, -0.25) is 9.58 Å². The monoisotopic (exact) mass is 398 g/mol. The molecule has 1 saturated heterocycles. The van der Waals surface area contributed by atoms with Gasteiger partial charge in [0.15, 0.2) is 0 Å². The minimum atomic E-state index is 0.426. The normalized spacial score (nSPS) is 17.9. The topological polar surface area (TPSA) is 33.5 Å². The van der Waals surface area contributed by atoms with Gasteiger partial charge in [0.05, 0.1) is 13.3 Å². The molecule has 0 unspecified atom stereocenters. The van der Waals surface area contributed by atoms with Crippen molar-refractivity contribution in [1.29, 1.82) is 0 Å². The Kier molecular flexibility index (Phi) is 8.13. The number of hydrogen-bond donors (Lipinski definition) is 0. The zero-order valence-corrected chi connectivity index (χ0v) is 18.7. The fourth-order valence-corrected chi connectivity index (χ4v) is 4.29. The van der Waals surface area contributed by atoms with E-state index in [1.807, 2.05) is 12.3 Å². The third-order valence-corrected chi connectivity index (χ3v) is 6.01. The molecule has 0 amide bonds. The maximum atomic E-state index is 5.36. The summed E-state index contributed by atoms with van der Waals surface area (Å²) in [6.07, 6.45) is 7.98. The molecule has 1 aliphatic rings. The Labute approximate surface area is 176 Å². The molecular formula is C24H38N4O. The van der Waals surface area contributed by atoms with Crippen molar-refractivity contribution in [2.75, 3.05) is 39.8 Å². The first kappa shape index (κ1) is 21.8. The Bertz CT molecular complexity index is 742. The van der Waals surface area contributed by atoms with Gasteiger partial charge in [0, 0.05) is 44.0 Å². The smallest absolute Gasteiger partial charge is 0.119 e. The molecule has 2 heterocycles. The van der Waals surface area contributed by atoms with E-state index in [9.17, 15) is 0 Å². The standard InChI is InChI=1S/C24H38N4O/c1-5-26(18-23-15-25-28(19-23)20(2)3)16-22-9-7-12-27(17-22)13-11-21-8-6-10-24(14-21)29-4/h6,8,10,14-15,19-20,22H,5,7,9,11-13,16-18H2,1-4H3/t22-/m1/s1. The lowest BCUT2D eigenvalue weighted by Crippen LogP contribution is -2.41. The van der Waals surface area contributed by atoms with Crippen molar-refractivity contribution in [3.63, 3.8) is 0 Å². The molecule has 0 N–H and O–H groups in total. The molecule has 1 aromatic carbocycles. The van der Waals surface area contributed by atoms with Gasteiger partial charge in [-0.2, -0.15) is 5.10 Å². The zero-order valence-electron chi connectivity index (χ0n) is 18.7. The van der Waals surface area contributed by atoms with E-state index in [0.717, 1.165) is 37.7 Å². The lowest BCUT2D eigenvalue weighted by Gasteiger charge is -2.35. The minimum Gasteiger partial charge on any atom is -0.497 e. The van der Waals surface area contributed by atoms with E-state index in [1.165, 1.54) is 43.6 Å². The fraction of sp³-hybridized carbons (Fsp3) is 0.625. The molecule has 0 spiro atoms. The number of hydrogen-bond acceptors (Lipinski definition) is 4. The van der Waals surface area contributed by atoms with Gasteiger partial charge in [0.2, 0.25) is 0 Å². The molecule has 0 aliphatic carbocycles.